The van der Waals surface area contributed by atoms with Crippen LogP contribution in [0.1, 0.15) is 24.9 Å². The topological polar surface area (TPSA) is 105 Å². The van der Waals surface area contributed by atoms with Crippen LogP contribution in [0.3, 0.4) is 0 Å². The third-order valence-electron chi connectivity index (χ3n) is 2.99. The van der Waals surface area contributed by atoms with Gasteiger partial charge in [-0.05, 0) is 19.0 Å². The van der Waals surface area contributed by atoms with Gasteiger partial charge in [-0.1, -0.05) is 6.92 Å². The van der Waals surface area contributed by atoms with Crippen molar-refractivity contribution in [2.45, 2.75) is 31.3 Å². The second-order valence-electron chi connectivity index (χ2n) is 4.72. The van der Waals surface area contributed by atoms with E-state index < -0.39 is 10.0 Å². The minimum absolute atomic E-state index is 0.105. The van der Waals surface area contributed by atoms with Crippen LogP contribution in [0.15, 0.2) is 23.5 Å². The molecule has 0 aliphatic heterocycles. The number of sulfonamides is 1. The lowest BCUT2D eigenvalue weighted by molar-refractivity contribution is 0.577. The van der Waals surface area contributed by atoms with E-state index in [1.807, 2.05) is 0 Å². The summed E-state index contributed by atoms with van der Waals surface area (Å²) in [7, 11) is -1.79. The van der Waals surface area contributed by atoms with Crippen LogP contribution in [0.25, 0.3) is 0 Å². The summed E-state index contributed by atoms with van der Waals surface area (Å²) in [4.78, 5) is 3.18. The number of H-pyrrole nitrogens is 1. The van der Waals surface area contributed by atoms with E-state index in [0.29, 0.717) is 12.4 Å². The van der Waals surface area contributed by atoms with Crippen LogP contribution >= 0.6 is 0 Å². The summed E-state index contributed by atoms with van der Waals surface area (Å²) >= 11 is 0. The number of aryl methyl sites for hydroxylation is 1. The predicted octanol–water partition coefficient (Wildman–Crippen LogP) is 0.121. The van der Waals surface area contributed by atoms with Crippen LogP contribution in [0.5, 0.6) is 0 Å². The fourth-order valence-electron chi connectivity index (χ4n) is 1.79. The fourth-order valence-corrected chi connectivity index (χ4v) is 2.78. The molecule has 116 valence electrons. The van der Waals surface area contributed by atoms with Crippen LogP contribution in [0.4, 0.5) is 0 Å². The van der Waals surface area contributed by atoms with Gasteiger partial charge < -0.3 is 14.9 Å². The SMILES string of the molecule is CCCNCc1cc(S(=O)(=O)NCc2nncn2C)c[nH]1. The van der Waals surface area contributed by atoms with E-state index in [4.69, 9.17) is 0 Å². The zero-order chi connectivity index (χ0) is 15.3. The van der Waals surface area contributed by atoms with Crippen molar-refractivity contribution in [2.75, 3.05) is 6.54 Å². The molecule has 0 saturated heterocycles. The third kappa shape index (κ3) is 4.13. The maximum Gasteiger partial charge on any atom is 0.242 e. The lowest BCUT2D eigenvalue weighted by Crippen LogP contribution is -2.24. The van der Waals surface area contributed by atoms with Gasteiger partial charge in [0.05, 0.1) is 11.4 Å². The van der Waals surface area contributed by atoms with Gasteiger partial charge in [0.1, 0.15) is 12.2 Å². The van der Waals surface area contributed by atoms with E-state index in [0.717, 1.165) is 18.7 Å². The minimum Gasteiger partial charge on any atom is -0.363 e. The van der Waals surface area contributed by atoms with Crippen LogP contribution in [-0.4, -0.2) is 34.7 Å². The Kier molecular flexibility index (Phi) is 5.10. The van der Waals surface area contributed by atoms with Crippen molar-refractivity contribution in [2.24, 2.45) is 7.05 Å². The van der Waals surface area contributed by atoms with Gasteiger partial charge in [0.15, 0.2) is 0 Å². The number of aromatic amines is 1. The summed E-state index contributed by atoms with van der Waals surface area (Å²) in [6, 6.07) is 1.63. The average Bonchev–Trinajstić information content (AvgIpc) is 3.06. The molecule has 0 aliphatic rings. The zero-order valence-corrected chi connectivity index (χ0v) is 12.9. The molecule has 0 amide bonds. The third-order valence-corrected chi connectivity index (χ3v) is 4.37. The standard InChI is InChI=1S/C12H20N6O2S/c1-3-4-13-6-10-5-11(7-14-10)21(19,20)16-8-12-17-15-9-18(12)2/h5,7,9,13-14,16H,3-4,6,8H2,1-2H3. The van der Waals surface area contributed by atoms with Gasteiger partial charge in [-0.3, -0.25) is 0 Å². The van der Waals surface area contributed by atoms with Crippen LogP contribution in [0.2, 0.25) is 0 Å². The minimum atomic E-state index is -3.55. The molecular formula is C12H20N6O2S. The maximum atomic E-state index is 12.2. The molecule has 2 aromatic rings. The summed E-state index contributed by atoms with van der Waals surface area (Å²) < 4.78 is 28.5. The summed E-state index contributed by atoms with van der Waals surface area (Å²) in [6.07, 6.45) is 4.05. The first-order chi connectivity index (χ1) is 10.0. The lowest BCUT2D eigenvalue weighted by Gasteiger charge is -2.04. The number of aromatic nitrogens is 4. The monoisotopic (exact) mass is 312 g/mol. The van der Waals surface area contributed by atoms with Crippen molar-refractivity contribution >= 4 is 10.0 Å². The van der Waals surface area contributed by atoms with Gasteiger partial charge in [0.2, 0.25) is 10.0 Å². The average molecular weight is 312 g/mol. The first-order valence-electron chi connectivity index (χ1n) is 6.73. The number of rotatable bonds is 8. The Bertz CT molecular complexity index is 675. The van der Waals surface area contributed by atoms with E-state index in [-0.39, 0.29) is 11.4 Å². The number of nitrogens with one attached hydrogen (secondary N) is 3. The molecule has 0 fully saturated rings. The predicted molar refractivity (Wildman–Crippen MR) is 77.8 cm³/mol. The molecule has 0 aromatic carbocycles. The second-order valence-corrected chi connectivity index (χ2v) is 6.49. The summed E-state index contributed by atoms with van der Waals surface area (Å²) in [5.41, 5.74) is 0.836. The summed E-state index contributed by atoms with van der Waals surface area (Å²) in [6.45, 7) is 3.69. The summed E-state index contributed by atoms with van der Waals surface area (Å²) in [5.74, 6) is 0.555. The van der Waals surface area contributed by atoms with Crippen molar-refractivity contribution in [3.63, 3.8) is 0 Å². The van der Waals surface area contributed by atoms with Crippen molar-refractivity contribution in [1.29, 1.82) is 0 Å². The van der Waals surface area contributed by atoms with Crippen molar-refractivity contribution in [3.8, 4) is 0 Å². The zero-order valence-electron chi connectivity index (χ0n) is 12.1. The molecule has 0 atom stereocenters. The molecule has 0 radical (unpaired) electrons. The van der Waals surface area contributed by atoms with Crippen LogP contribution in [-0.2, 0) is 30.2 Å². The Hall–Kier alpha value is -1.71. The van der Waals surface area contributed by atoms with Gasteiger partial charge in [-0.15, -0.1) is 10.2 Å². The number of hydrogen-bond donors (Lipinski definition) is 3. The maximum absolute atomic E-state index is 12.2. The van der Waals surface area contributed by atoms with E-state index in [1.54, 1.807) is 17.7 Å². The van der Waals surface area contributed by atoms with Gasteiger partial charge >= 0.3 is 0 Å². The van der Waals surface area contributed by atoms with Crippen molar-refractivity contribution in [3.05, 3.63) is 30.1 Å². The molecule has 9 heteroatoms. The molecule has 0 unspecified atom stereocenters. The van der Waals surface area contributed by atoms with Gasteiger partial charge in [-0.2, -0.15) is 0 Å². The highest BCUT2D eigenvalue weighted by atomic mass is 32.2. The molecule has 0 spiro atoms. The van der Waals surface area contributed by atoms with E-state index in [9.17, 15) is 8.42 Å². The highest BCUT2D eigenvalue weighted by molar-refractivity contribution is 7.89. The van der Waals surface area contributed by atoms with Crippen molar-refractivity contribution < 1.29 is 8.42 Å². The van der Waals surface area contributed by atoms with Gasteiger partial charge in [0, 0.05) is 25.5 Å². The molecule has 8 nitrogen and oxygen atoms in total. The molecule has 0 bridgehead atoms. The Morgan fingerprint density at radius 3 is 2.86 bits per heavy atom. The van der Waals surface area contributed by atoms with Crippen LogP contribution < -0.4 is 10.0 Å². The molecule has 3 N–H and O–H groups in total. The molecule has 0 aliphatic carbocycles. The molecule has 2 heterocycles. The van der Waals surface area contributed by atoms with Crippen molar-refractivity contribution in [1.82, 2.24) is 29.8 Å². The lowest BCUT2D eigenvalue weighted by atomic mass is 10.4. The molecule has 0 saturated carbocycles. The Morgan fingerprint density at radius 2 is 2.19 bits per heavy atom. The normalized spacial score (nSPS) is 11.9. The molecule has 21 heavy (non-hydrogen) atoms. The Balaban J connectivity index is 1.97. The Morgan fingerprint density at radius 1 is 1.38 bits per heavy atom. The van der Waals surface area contributed by atoms with Gasteiger partial charge in [-0.25, -0.2) is 13.1 Å². The van der Waals surface area contributed by atoms with Gasteiger partial charge in [0.25, 0.3) is 0 Å². The number of nitrogens with zero attached hydrogens (tertiary/aromatic N) is 3. The largest absolute Gasteiger partial charge is 0.363 e. The summed E-state index contributed by atoms with van der Waals surface area (Å²) in [5, 5.41) is 10.8. The first kappa shape index (κ1) is 15.7. The van der Waals surface area contributed by atoms with E-state index in [1.165, 1.54) is 12.5 Å². The van der Waals surface area contributed by atoms with E-state index in [2.05, 4.69) is 32.1 Å². The molecule has 2 rings (SSSR count). The second kappa shape index (κ2) is 6.83. The smallest absolute Gasteiger partial charge is 0.242 e. The number of hydrogen-bond acceptors (Lipinski definition) is 5. The Labute approximate surface area is 124 Å². The highest BCUT2D eigenvalue weighted by Gasteiger charge is 2.16. The van der Waals surface area contributed by atoms with E-state index >= 15 is 0 Å². The van der Waals surface area contributed by atoms with Crippen LogP contribution in [0, 0.1) is 0 Å². The first-order valence-corrected chi connectivity index (χ1v) is 8.22. The highest BCUT2D eigenvalue weighted by Crippen LogP contribution is 2.11. The molecule has 2 aromatic heterocycles. The fraction of sp³-hybridized carbons (Fsp3) is 0.500. The molecular weight excluding hydrogens is 292 g/mol. The quantitative estimate of drug-likeness (QED) is 0.601.